The van der Waals surface area contributed by atoms with Gasteiger partial charge in [-0.15, -0.1) is 0 Å². The lowest BCUT2D eigenvalue weighted by Gasteiger charge is -2.37. The van der Waals surface area contributed by atoms with Crippen LogP contribution in [0.5, 0.6) is 5.75 Å². The van der Waals surface area contributed by atoms with Crippen LogP contribution in [0.1, 0.15) is 42.3 Å². The molecule has 0 bridgehead atoms. The lowest BCUT2D eigenvalue weighted by atomic mass is 9.77. The lowest BCUT2D eigenvalue weighted by molar-refractivity contribution is 0.114. The summed E-state index contributed by atoms with van der Waals surface area (Å²) >= 11 is 0. The fourth-order valence-corrected chi connectivity index (χ4v) is 6.10. The fourth-order valence-electron chi connectivity index (χ4n) is 5.00. The molecule has 2 N–H and O–H groups in total. The lowest BCUT2D eigenvalue weighted by Crippen LogP contribution is -2.32. The predicted octanol–water partition coefficient (Wildman–Crippen LogP) is 3.98. The van der Waals surface area contributed by atoms with Crippen molar-refractivity contribution in [2.24, 2.45) is 5.92 Å². The maximum absolute atomic E-state index is 12.9. The monoisotopic (exact) mass is 440 g/mol. The second-order valence-electron chi connectivity index (χ2n) is 8.49. The van der Waals surface area contributed by atoms with E-state index < -0.39 is 10.0 Å². The van der Waals surface area contributed by atoms with Crippen LogP contribution in [0.2, 0.25) is 0 Å². The molecule has 2 aromatic carbocycles. The van der Waals surface area contributed by atoms with Crippen molar-refractivity contribution in [3.63, 3.8) is 0 Å². The van der Waals surface area contributed by atoms with E-state index in [4.69, 9.17) is 9.47 Å². The SMILES string of the molecule is COc1cccc(C2Nc3ccc(S(=O)(=O)NCC4CCCO4)cc3C3C=CCC32)c1. The van der Waals surface area contributed by atoms with E-state index in [-0.39, 0.29) is 18.1 Å². The zero-order valence-electron chi connectivity index (χ0n) is 17.6. The molecule has 2 heterocycles. The first-order valence-corrected chi connectivity index (χ1v) is 12.4. The number of nitrogens with one attached hydrogen (secondary N) is 2. The summed E-state index contributed by atoms with van der Waals surface area (Å²) in [5.41, 5.74) is 3.20. The second kappa shape index (κ2) is 8.30. The minimum Gasteiger partial charge on any atom is -0.497 e. The molecule has 4 atom stereocenters. The van der Waals surface area contributed by atoms with Crippen molar-refractivity contribution < 1.29 is 17.9 Å². The van der Waals surface area contributed by atoms with Gasteiger partial charge in [0.15, 0.2) is 0 Å². The number of hydrogen-bond acceptors (Lipinski definition) is 5. The van der Waals surface area contributed by atoms with Gasteiger partial charge in [-0.3, -0.25) is 0 Å². The molecule has 7 heteroatoms. The van der Waals surface area contributed by atoms with Gasteiger partial charge in [-0.05, 0) is 66.6 Å². The van der Waals surface area contributed by atoms with E-state index in [1.165, 1.54) is 5.56 Å². The van der Waals surface area contributed by atoms with Crippen LogP contribution in [0.25, 0.3) is 0 Å². The molecule has 0 saturated carbocycles. The minimum atomic E-state index is -3.58. The Balaban J connectivity index is 1.42. The molecule has 0 amide bonds. The van der Waals surface area contributed by atoms with Gasteiger partial charge in [0.25, 0.3) is 0 Å². The first-order chi connectivity index (χ1) is 15.0. The number of hydrogen-bond donors (Lipinski definition) is 2. The van der Waals surface area contributed by atoms with Crippen LogP contribution >= 0.6 is 0 Å². The topological polar surface area (TPSA) is 76.7 Å². The fraction of sp³-hybridized carbons (Fsp3) is 0.417. The van der Waals surface area contributed by atoms with Gasteiger partial charge in [0.2, 0.25) is 10.0 Å². The normalized spacial score (nSPS) is 26.9. The summed E-state index contributed by atoms with van der Waals surface area (Å²) < 4.78 is 39.5. The molecule has 5 rings (SSSR count). The van der Waals surface area contributed by atoms with E-state index in [9.17, 15) is 8.42 Å². The molecular weight excluding hydrogens is 412 g/mol. The van der Waals surface area contributed by atoms with Gasteiger partial charge in [-0.2, -0.15) is 0 Å². The molecule has 0 radical (unpaired) electrons. The molecule has 3 aliphatic rings. The van der Waals surface area contributed by atoms with Gasteiger partial charge in [0, 0.05) is 24.8 Å². The maximum Gasteiger partial charge on any atom is 0.240 e. The molecule has 1 saturated heterocycles. The second-order valence-corrected chi connectivity index (χ2v) is 10.3. The molecule has 0 aromatic heterocycles. The van der Waals surface area contributed by atoms with Crippen molar-refractivity contribution in [1.29, 1.82) is 0 Å². The van der Waals surface area contributed by atoms with E-state index in [1.807, 2.05) is 24.3 Å². The first-order valence-electron chi connectivity index (χ1n) is 10.9. The molecule has 1 fully saturated rings. The van der Waals surface area contributed by atoms with Crippen molar-refractivity contribution in [2.45, 2.75) is 42.2 Å². The Hall–Kier alpha value is -2.35. The largest absolute Gasteiger partial charge is 0.497 e. The van der Waals surface area contributed by atoms with Crippen LogP contribution < -0.4 is 14.8 Å². The predicted molar refractivity (Wildman–Crippen MR) is 120 cm³/mol. The van der Waals surface area contributed by atoms with Gasteiger partial charge in [-0.1, -0.05) is 24.3 Å². The van der Waals surface area contributed by atoms with Crippen LogP contribution in [-0.4, -0.2) is 34.8 Å². The molecule has 2 aliphatic heterocycles. The third-order valence-corrected chi connectivity index (χ3v) is 8.04. The number of benzene rings is 2. The Morgan fingerprint density at radius 2 is 2.13 bits per heavy atom. The molecule has 31 heavy (non-hydrogen) atoms. The highest BCUT2D eigenvalue weighted by atomic mass is 32.2. The number of rotatable bonds is 6. The highest BCUT2D eigenvalue weighted by Gasteiger charge is 2.38. The van der Waals surface area contributed by atoms with Gasteiger partial charge in [-0.25, -0.2) is 13.1 Å². The quantitative estimate of drug-likeness (QED) is 0.665. The zero-order chi connectivity index (χ0) is 21.4. The minimum absolute atomic E-state index is 0.0279. The van der Waals surface area contributed by atoms with Crippen LogP contribution in [0.15, 0.2) is 59.5 Å². The average Bonchev–Trinajstić information content (AvgIpc) is 3.49. The molecule has 6 nitrogen and oxygen atoms in total. The summed E-state index contributed by atoms with van der Waals surface area (Å²) in [5.74, 6) is 1.35. The Bertz CT molecular complexity index is 1090. The van der Waals surface area contributed by atoms with Gasteiger partial charge < -0.3 is 14.8 Å². The van der Waals surface area contributed by atoms with Gasteiger partial charge in [0.05, 0.1) is 24.2 Å². The smallest absolute Gasteiger partial charge is 0.240 e. The third kappa shape index (κ3) is 3.97. The number of ether oxygens (including phenoxy) is 2. The Morgan fingerprint density at radius 1 is 1.23 bits per heavy atom. The number of sulfonamides is 1. The summed E-state index contributed by atoms with van der Waals surface area (Å²) in [6, 6.07) is 13.7. The van der Waals surface area contributed by atoms with E-state index in [2.05, 4.69) is 34.3 Å². The molecule has 2 aromatic rings. The average molecular weight is 441 g/mol. The number of fused-ring (bicyclic) bond motifs is 3. The summed E-state index contributed by atoms with van der Waals surface area (Å²) in [4.78, 5) is 0.310. The van der Waals surface area contributed by atoms with Crippen LogP contribution in [0, 0.1) is 5.92 Å². The summed E-state index contributed by atoms with van der Waals surface area (Å²) in [6.45, 7) is 1.03. The standard InChI is InChI=1S/C24H28N2O4S/c1-29-17-6-2-5-16(13-17)24-21-9-3-8-20(21)22-14-19(10-11-23(22)26-24)31(27,28)25-15-18-7-4-12-30-18/h2-3,5-6,8,10-11,13-14,18,20-21,24-26H,4,7,9,12,15H2,1H3. The van der Waals surface area contributed by atoms with E-state index in [0.717, 1.165) is 36.3 Å². The van der Waals surface area contributed by atoms with Gasteiger partial charge in [0.1, 0.15) is 5.75 Å². The number of anilines is 1. The van der Waals surface area contributed by atoms with E-state index in [1.54, 1.807) is 13.2 Å². The van der Waals surface area contributed by atoms with Crippen LogP contribution in [-0.2, 0) is 14.8 Å². The summed E-state index contributed by atoms with van der Waals surface area (Å²) in [7, 11) is -1.90. The van der Waals surface area contributed by atoms with Crippen molar-refractivity contribution in [1.82, 2.24) is 4.72 Å². The van der Waals surface area contributed by atoms with Crippen molar-refractivity contribution in [3.8, 4) is 5.75 Å². The zero-order valence-corrected chi connectivity index (χ0v) is 18.4. The van der Waals surface area contributed by atoms with Crippen molar-refractivity contribution in [3.05, 3.63) is 65.7 Å². The van der Waals surface area contributed by atoms with E-state index >= 15 is 0 Å². The van der Waals surface area contributed by atoms with Crippen LogP contribution in [0.3, 0.4) is 0 Å². The Kier molecular flexibility index (Phi) is 5.50. The molecule has 1 aliphatic carbocycles. The van der Waals surface area contributed by atoms with Crippen LogP contribution in [0.4, 0.5) is 5.69 Å². The third-order valence-electron chi connectivity index (χ3n) is 6.62. The molecule has 164 valence electrons. The van der Waals surface area contributed by atoms with Crippen molar-refractivity contribution >= 4 is 15.7 Å². The highest BCUT2D eigenvalue weighted by Crippen LogP contribution is 2.50. The highest BCUT2D eigenvalue weighted by molar-refractivity contribution is 7.89. The summed E-state index contributed by atoms with van der Waals surface area (Å²) in [5, 5.41) is 3.66. The van der Waals surface area contributed by atoms with E-state index in [0.29, 0.717) is 24.0 Å². The molecule has 4 unspecified atom stereocenters. The van der Waals surface area contributed by atoms with Gasteiger partial charge >= 0.3 is 0 Å². The maximum atomic E-state index is 12.9. The summed E-state index contributed by atoms with van der Waals surface area (Å²) in [6.07, 6.45) is 7.23. The number of methoxy groups -OCH3 is 1. The Morgan fingerprint density at radius 3 is 2.94 bits per heavy atom. The molecule has 0 spiro atoms. The molecular formula is C24H28N2O4S. The Labute approximate surface area is 183 Å². The van der Waals surface area contributed by atoms with Crippen molar-refractivity contribution in [2.75, 3.05) is 25.6 Å². The first kappa shape index (κ1) is 20.5. The number of allylic oxidation sites excluding steroid dienone is 2.